The maximum Gasteiger partial charge on any atom is 0.387 e. The molecule has 0 unspecified atom stereocenters. The molecule has 2 aromatic carbocycles. The third-order valence-electron chi connectivity index (χ3n) is 9.96. The molecule has 1 aliphatic heterocycles. The number of ether oxygens (including phenoxy) is 5. The molecule has 3 aliphatic rings. The highest BCUT2D eigenvalue weighted by atomic mass is 35.5. The minimum absolute atomic E-state index is 0.0298. The van der Waals surface area contributed by atoms with Crippen molar-refractivity contribution in [1.29, 1.82) is 0 Å². The Bertz CT molecular complexity index is 1980. The zero-order chi connectivity index (χ0) is 40.7. The van der Waals surface area contributed by atoms with Crippen LogP contribution in [0.4, 0.5) is 14.5 Å². The molecule has 1 N–H and O–H groups in total. The van der Waals surface area contributed by atoms with Crippen LogP contribution in [0.25, 0.3) is 0 Å². The number of carbonyl (C=O) groups is 2. The number of nitrogens with zero attached hydrogens (tertiary/aromatic N) is 3. The summed E-state index contributed by atoms with van der Waals surface area (Å²) in [5.74, 6) is -1.09. The summed E-state index contributed by atoms with van der Waals surface area (Å²) >= 11 is 12.9. The van der Waals surface area contributed by atoms with E-state index in [-0.39, 0.29) is 45.8 Å². The summed E-state index contributed by atoms with van der Waals surface area (Å²) in [4.78, 5) is 33.9. The Hall–Kier alpha value is -3.96. The number of aromatic nitrogens is 1. The van der Waals surface area contributed by atoms with Crippen molar-refractivity contribution in [3.8, 4) is 17.2 Å². The summed E-state index contributed by atoms with van der Waals surface area (Å²) in [6.45, 7) is 0.869. The molecule has 2 heterocycles. The van der Waals surface area contributed by atoms with Crippen molar-refractivity contribution in [2.75, 3.05) is 76.7 Å². The number of hydrogen-bond acceptors (Lipinski definition) is 11. The Balaban J connectivity index is 1.18. The number of benzene rings is 2. The number of aromatic amines is 1. The van der Waals surface area contributed by atoms with Crippen molar-refractivity contribution in [1.82, 2.24) is 9.80 Å². The number of pyridine rings is 1. The lowest BCUT2D eigenvalue weighted by Crippen LogP contribution is -2.47. The van der Waals surface area contributed by atoms with E-state index >= 15 is 0 Å². The molecule has 57 heavy (non-hydrogen) atoms. The number of anilines is 1. The molecule has 0 bridgehead atoms. The van der Waals surface area contributed by atoms with Crippen LogP contribution in [0, 0.1) is 11.8 Å². The number of rotatable bonds is 20. The molecule has 0 radical (unpaired) electrons. The Labute approximate surface area is 341 Å². The van der Waals surface area contributed by atoms with Gasteiger partial charge in [0.15, 0.2) is 30.5 Å². The molecule has 1 saturated heterocycles. The van der Waals surface area contributed by atoms with Gasteiger partial charge < -0.3 is 28.6 Å². The van der Waals surface area contributed by atoms with Gasteiger partial charge in [0.2, 0.25) is 10.0 Å². The quantitative estimate of drug-likeness (QED) is 0.130. The van der Waals surface area contributed by atoms with Crippen LogP contribution in [0.1, 0.15) is 53.3 Å². The zero-order valence-electron chi connectivity index (χ0n) is 31.8. The molecular formula is C39H47Cl2F2N4O9S+. The van der Waals surface area contributed by atoms with Crippen LogP contribution < -0.4 is 23.5 Å². The van der Waals surface area contributed by atoms with Crippen molar-refractivity contribution in [2.24, 2.45) is 11.8 Å². The van der Waals surface area contributed by atoms with Crippen LogP contribution in [0.5, 0.6) is 17.2 Å². The molecule has 6 rings (SSSR count). The molecule has 2 aliphatic carbocycles. The maximum absolute atomic E-state index is 13.4. The third-order valence-corrected chi connectivity index (χ3v) is 11.8. The fourth-order valence-corrected chi connectivity index (χ4v) is 7.69. The van der Waals surface area contributed by atoms with Gasteiger partial charge in [-0.1, -0.05) is 29.3 Å². The highest BCUT2D eigenvalue weighted by molar-refractivity contribution is 7.92. The van der Waals surface area contributed by atoms with Crippen LogP contribution in [0.2, 0.25) is 10.0 Å². The Morgan fingerprint density at radius 2 is 1.56 bits per heavy atom. The molecule has 0 spiro atoms. The molecule has 18 heteroatoms. The lowest BCUT2D eigenvalue weighted by Gasteiger charge is -2.34. The number of hydrogen-bond donors (Lipinski definition) is 0. The van der Waals surface area contributed by atoms with Gasteiger partial charge in [-0.05, 0) is 80.5 Å². The molecule has 1 aromatic heterocycles. The van der Waals surface area contributed by atoms with E-state index < -0.39 is 41.3 Å². The Morgan fingerprint density at radius 3 is 2.18 bits per heavy atom. The van der Waals surface area contributed by atoms with E-state index in [4.69, 9.17) is 42.1 Å². The number of sulfonamides is 1. The van der Waals surface area contributed by atoms with E-state index in [1.165, 1.54) is 53.1 Å². The van der Waals surface area contributed by atoms with E-state index in [1.54, 1.807) is 0 Å². The molecule has 3 aromatic rings. The minimum Gasteiger partial charge on any atom is -0.491 e. The average molecular weight is 857 g/mol. The second kappa shape index (κ2) is 19.2. The van der Waals surface area contributed by atoms with Crippen LogP contribution in [0.3, 0.4) is 0 Å². The summed E-state index contributed by atoms with van der Waals surface area (Å²) in [7, 11) is -1.69. The number of esters is 2. The van der Waals surface area contributed by atoms with Crippen LogP contribution in [-0.4, -0.2) is 109 Å². The van der Waals surface area contributed by atoms with Gasteiger partial charge in [-0.2, -0.15) is 8.78 Å². The van der Waals surface area contributed by atoms with E-state index in [9.17, 15) is 26.8 Å². The summed E-state index contributed by atoms with van der Waals surface area (Å²) in [6, 6.07) is 8.57. The number of halogens is 4. The Morgan fingerprint density at radius 1 is 0.912 bits per heavy atom. The molecule has 3 fully saturated rings. The first-order valence-corrected chi connectivity index (χ1v) is 21.4. The lowest BCUT2D eigenvalue weighted by atomic mass is 10.0. The number of nitrogens with one attached hydrogen (secondary N) is 1. The van der Waals surface area contributed by atoms with E-state index in [2.05, 4.69) is 19.5 Å². The summed E-state index contributed by atoms with van der Waals surface area (Å²) in [5, 5.41) is 0.518. The summed E-state index contributed by atoms with van der Waals surface area (Å²) in [6.07, 6.45) is 6.93. The maximum atomic E-state index is 13.4. The third kappa shape index (κ3) is 12.5. The predicted octanol–water partition coefficient (Wildman–Crippen LogP) is 5.68. The lowest BCUT2D eigenvalue weighted by molar-refractivity contribution is -0.377. The van der Waals surface area contributed by atoms with Gasteiger partial charge >= 0.3 is 18.6 Å². The smallest absolute Gasteiger partial charge is 0.387 e. The molecular weight excluding hydrogens is 809 g/mol. The monoisotopic (exact) mass is 855 g/mol. The van der Waals surface area contributed by atoms with E-state index in [1.807, 2.05) is 7.05 Å². The first-order valence-electron chi connectivity index (χ1n) is 18.8. The van der Waals surface area contributed by atoms with Crippen molar-refractivity contribution >= 4 is 50.9 Å². The fourth-order valence-electron chi connectivity index (χ4n) is 6.23. The Kier molecular flexibility index (Phi) is 14.4. The molecule has 2 saturated carbocycles. The normalized spacial score (nSPS) is 16.9. The van der Waals surface area contributed by atoms with Gasteiger partial charge in [-0.25, -0.2) is 23.0 Å². The van der Waals surface area contributed by atoms with Crippen molar-refractivity contribution < 1.29 is 55.5 Å². The van der Waals surface area contributed by atoms with Crippen LogP contribution >= 0.6 is 23.2 Å². The first kappa shape index (κ1) is 42.6. The number of likely N-dealkylation sites (N-methyl/N-ethyl adjacent to an activating group) is 1. The summed E-state index contributed by atoms with van der Waals surface area (Å²) < 4.78 is 81.7. The standard InChI is InChI=1S/C39H46Cl2F2N4O9S/c1-45-11-13-46(14-12-45)15-16-47(57(2,50)51)32-9-7-28(18-35(32)52-22-25-3-4-25)38(49)54-24-37(48)55-34(19-29-30(40)20-44-21-31(29)41)27-8-10-33(56-39(42)43)36(17-27)53-23-26-5-6-26/h7-10,17-18,20-21,25-26,34,39H,3-6,11-16,19,22-24H2,1-2H3/p+1/t34-/m0/s1. The largest absolute Gasteiger partial charge is 0.491 e. The minimum atomic E-state index is -3.73. The molecule has 13 nitrogen and oxygen atoms in total. The molecule has 1 atom stereocenters. The van der Waals surface area contributed by atoms with Gasteiger partial charge in [-0.15, -0.1) is 0 Å². The van der Waals surface area contributed by atoms with Gasteiger partial charge in [0, 0.05) is 51.3 Å². The molecule has 310 valence electrons. The summed E-state index contributed by atoms with van der Waals surface area (Å²) in [5.41, 5.74) is 1.13. The van der Waals surface area contributed by atoms with Gasteiger partial charge in [0.05, 0.1) is 30.7 Å². The second-order valence-electron chi connectivity index (χ2n) is 14.6. The first-order chi connectivity index (χ1) is 27.2. The van der Waals surface area contributed by atoms with Gasteiger partial charge in [0.1, 0.15) is 21.9 Å². The number of H-pyrrole nitrogens is 1. The highest BCUT2D eigenvalue weighted by Gasteiger charge is 2.29. The SMILES string of the molecule is CN1CCN(CCN(c2ccc(C(=O)OCC(=O)O[C@@H](Cc3c(Cl)c[nH+]cc3Cl)c3ccc(OC(F)F)c(OCC4CC4)c3)cc2OCC2CC2)S(C)(=O)=O)CC1. The number of piperazine rings is 1. The average Bonchev–Trinajstić information content (AvgIpc) is 4.11. The topological polar surface area (TPSA) is 138 Å². The predicted molar refractivity (Wildman–Crippen MR) is 208 cm³/mol. The van der Waals surface area contributed by atoms with E-state index in [0.29, 0.717) is 48.4 Å². The van der Waals surface area contributed by atoms with Gasteiger partial charge in [-0.3, -0.25) is 9.21 Å². The number of alkyl halides is 2. The highest BCUT2D eigenvalue weighted by Crippen LogP contribution is 2.38. The van der Waals surface area contributed by atoms with Crippen LogP contribution in [-0.2, 0) is 30.7 Å². The second-order valence-corrected chi connectivity index (χ2v) is 17.4. The number of carbonyl (C=O) groups excluding carboxylic acids is 2. The van der Waals surface area contributed by atoms with Crippen LogP contribution in [0.15, 0.2) is 48.8 Å². The van der Waals surface area contributed by atoms with Crippen molar-refractivity contribution in [2.45, 2.75) is 44.8 Å². The zero-order valence-corrected chi connectivity index (χ0v) is 34.1. The van der Waals surface area contributed by atoms with Crippen molar-refractivity contribution in [3.05, 3.63) is 75.5 Å². The van der Waals surface area contributed by atoms with E-state index in [0.717, 1.165) is 58.1 Å². The fraction of sp³-hybridized carbons (Fsp3) is 0.513. The molecule has 0 amide bonds. The van der Waals surface area contributed by atoms with Crippen molar-refractivity contribution in [3.63, 3.8) is 0 Å². The van der Waals surface area contributed by atoms with Gasteiger partial charge in [0.25, 0.3) is 0 Å².